The Morgan fingerprint density at radius 1 is 1.12 bits per heavy atom. The Hall–Kier alpha value is -5.94. The van der Waals surface area contributed by atoms with Gasteiger partial charge >= 0.3 is 17.9 Å². The van der Waals surface area contributed by atoms with Crippen molar-refractivity contribution in [1.29, 1.82) is 0 Å². The zero-order chi connectivity index (χ0) is 36.7. The Bertz CT molecular complexity index is 2220. The molecule has 0 spiro atoms. The first-order chi connectivity index (χ1) is 24.2. The number of rotatable bonds is 12. The van der Waals surface area contributed by atoms with Gasteiger partial charge in [-0.15, -0.1) is 40.0 Å². The summed E-state index contributed by atoms with van der Waals surface area (Å²) >= 11 is 3.44. The number of nitrogens with zero attached hydrogens (tertiary/aromatic N) is 7. The van der Waals surface area contributed by atoms with Crippen molar-refractivity contribution in [1.82, 2.24) is 34.8 Å². The normalized spacial score (nSPS) is 17.2. The van der Waals surface area contributed by atoms with E-state index in [4.69, 9.17) is 10.6 Å². The molecule has 2 amide bonds. The Labute approximate surface area is 296 Å². The molecule has 0 bridgehead atoms. The first-order valence-corrected chi connectivity index (χ1v) is 17.1. The molecule has 4 aromatic rings. The molecule has 1 saturated heterocycles. The summed E-state index contributed by atoms with van der Waals surface area (Å²) < 4.78 is 1.21. The van der Waals surface area contributed by atoms with Gasteiger partial charge in [-0.2, -0.15) is 4.98 Å². The van der Waals surface area contributed by atoms with Gasteiger partial charge in [0, 0.05) is 28.0 Å². The van der Waals surface area contributed by atoms with Crippen LogP contribution in [0.2, 0.25) is 0 Å². The van der Waals surface area contributed by atoms with E-state index in [0.29, 0.717) is 16.2 Å². The summed E-state index contributed by atoms with van der Waals surface area (Å²) in [5.74, 6) is -7.33. The summed E-state index contributed by atoms with van der Waals surface area (Å²) in [5, 5.41) is 59.2. The van der Waals surface area contributed by atoms with Crippen molar-refractivity contribution >= 4 is 81.2 Å². The highest BCUT2D eigenvalue weighted by atomic mass is 32.2. The number of fused-ring (bicyclic) bond motifs is 2. The van der Waals surface area contributed by atoms with Crippen LogP contribution < -0.4 is 11.1 Å². The van der Waals surface area contributed by atoms with E-state index in [1.807, 2.05) is 0 Å². The Morgan fingerprint density at radius 3 is 2.55 bits per heavy atom. The maximum Gasteiger partial charge on any atom is 0.375 e. The lowest BCUT2D eigenvalue weighted by Crippen LogP contribution is -2.71. The number of aliphatic carboxylic acids is 1. The predicted octanol–water partition coefficient (Wildman–Crippen LogP) is 0.731. The van der Waals surface area contributed by atoms with Crippen LogP contribution in [-0.4, -0.2) is 113 Å². The van der Waals surface area contributed by atoms with Crippen LogP contribution in [-0.2, 0) is 25.8 Å². The van der Waals surface area contributed by atoms with Crippen LogP contribution >= 0.6 is 34.9 Å². The molecule has 23 heteroatoms. The predicted molar refractivity (Wildman–Crippen MR) is 177 cm³/mol. The quantitative estimate of drug-likeness (QED) is 0.0344. The minimum absolute atomic E-state index is 0.00631. The lowest BCUT2D eigenvalue weighted by Gasteiger charge is -2.49. The maximum absolute atomic E-state index is 13.5. The van der Waals surface area contributed by atoms with E-state index >= 15 is 0 Å². The molecule has 8 N–H and O–H groups in total. The number of aromatic carboxylic acids is 2. The Balaban J connectivity index is 1.17. The summed E-state index contributed by atoms with van der Waals surface area (Å²) in [7, 11) is 0. The number of aromatic hydroxyl groups is 2. The number of phenolic OH excluding ortho intramolecular Hbond substituents is 1. The number of nitrogen functional groups attached to an aromatic ring is 1. The van der Waals surface area contributed by atoms with Gasteiger partial charge in [-0.05, 0) is 30.2 Å². The third kappa shape index (κ3) is 6.80. The van der Waals surface area contributed by atoms with Gasteiger partial charge < -0.3 is 41.4 Å². The number of carboxylic acid groups (broad SMARTS) is 3. The van der Waals surface area contributed by atoms with Gasteiger partial charge in [0.2, 0.25) is 0 Å². The van der Waals surface area contributed by atoms with E-state index in [0.717, 1.165) is 28.4 Å². The number of nitrogens with one attached hydrogen (secondary N) is 1. The monoisotopic (exact) mass is 757 g/mol. The summed E-state index contributed by atoms with van der Waals surface area (Å²) in [6, 6.07) is 0.939. The molecule has 2 aliphatic rings. The van der Waals surface area contributed by atoms with E-state index < -0.39 is 76.3 Å². The fraction of sp³-hybridized carbons (Fsp3) is 0.214. The number of aromatic nitrogens is 5. The number of aryl methyl sites for hydroxylation is 1. The fourth-order valence-corrected chi connectivity index (χ4v) is 8.01. The number of thiazole rings is 1. The lowest BCUT2D eigenvalue weighted by atomic mass is 10.0. The summed E-state index contributed by atoms with van der Waals surface area (Å²) in [4.78, 5) is 80.9. The topological polar surface area (TPSA) is 305 Å². The molecule has 3 aromatic heterocycles. The van der Waals surface area contributed by atoms with E-state index in [1.54, 1.807) is 6.92 Å². The third-order valence-electron chi connectivity index (χ3n) is 7.35. The van der Waals surface area contributed by atoms with Crippen LogP contribution in [0.1, 0.15) is 37.9 Å². The van der Waals surface area contributed by atoms with Crippen LogP contribution in [0.25, 0.3) is 5.78 Å². The smallest absolute Gasteiger partial charge is 0.375 e. The minimum Gasteiger partial charge on any atom is -0.504 e. The molecule has 5 heterocycles. The van der Waals surface area contributed by atoms with E-state index in [9.17, 15) is 49.5 Å². The SMILES string of the molecule is Cc1nc2nc(C(=O)O)nn2cc1SCC1=C(C(=O)O)N2C(=O)[C@@H](NC(=O)C(=NOCc3cc(O)c(O)c(C(=O)O)c3)c3csc(N)n3)[C@H]2SC1. The molecule has 264 valence electrons. The van der Waals surface area contributed by atoms with Crippen molar-refractivity contribution in [3.8, 4) is 11.5 Å². The second kappa shape index (κ2) is 13.8. The first-order valence-electron chi connectivity index (χ1n) is 14.2. The minimum atomic E-state index is -1.51. The van der Waals surface area contributed by atoms with Crippen molar-refractivity contribution in [2.24, 2.45) is 5.16 Å². The number of phenols is 2. The van der Waals surface area contributed by atoms with Gasteiger partial charge in [0.15, 0.2) is 22.3 Å². The standard InChI is InChI=1S/C28H23N9O11S3/c1-9-15(4-36-28(30-9)33-20(34-36)26(46)47)49-6-11-7-50-23-17(22(41)37(23)18(11)25(44)45)32-21(40)16(13-8-51-27(29)31-13)35-48-5-10-2-12(24(42)43)19(39)14(38)3-10/h2-4,8,17,23,38-39H,5-7H2,1H3,(H2,29,31)(H,32,40)(H,42,43)(H,44,45)(H,46,47)/t17-,23-/m1/s1. The molecule has 6 rings (SSSR count). The zero-order valence-corrected chi connectivity index (χ0v) is 28.2. The number of benzene rings is 1. The van der Waals surface area contributed by atoms with Gasteiger partial charge in [0.1, 0.15) is 35.0 Å². The van der Waals surface area contributed by atoms with Crippen molar-refractivity contribution in [2.75, 3.05) is 17.2 Å². The van der Waals surface area contributed by atoms with Gasteiger partial charge in [-0.3, -0.25) is 14.5 Å². The molecule has 0 unspecified atom stereocenters. The molecular formula is C28H23N9O11S3. The van der Waals surface area contributed by atoms with Crippen LogP contribution in [0.3, 0.4) is 0 Å². The second-order valence-corrected chi connectivity index (χ2v) is 13.7. The molecule has 1 fully saturated rings. The zero-order valence-electron chi connectivity index (χ0n) is 25.7. The number of carbonyl (C=O) groups is 5. The lowest BCUT2D eigenvalue weighted by molar-refractivity contribution is -0.150. The molecule has 0 aliphatic carbocycles. The molecule has 51 heavy (non-hydrogen) atoms. The number of hydrogen-bond donors (Lipinski definition) is 7. The molecule has 0 radical (unpaired) electrons. The number of carboxylic acids is 3. The number of nitrogens with two attached hydrogens (primary N) is 1. The average Bonchev–Trinajstić information content (AvgIpc) is 3.70. The number of anilines is 1. The van der Waals surface area contributed by atoms with Crippen LogP contribution in [0.15, 0.2) is 45.0 Å². The largest absolute Gasteiger partial charge is 0.504 e. The highest BCUT2D eigenvalue weighted by Gasteiger charge is 2.54. The van der Waals surface area contributed by atoms with Crippen LogP contribution in [0.4, 0.5) is 5.13 Å². The summed E-state index contributed by atoms with van der Waals surface area (Å²) in [6.07, 6.45) is 1.53. The number of oxime groups is 1. The maximum atomic E-state index is 13.5. The highest BCUT2D eigenvalue weighted by Crippen LogP contribution is 2.42. The number of hydrogen-bond acceptors (Lipinski definition) is 17. The average molecular weight is 758 g/mol. The molecule has 0 saturated carbocycles. The van der Waals surface area contributed by atoms with Crippen molar-refractivity contribution in [2.45, 2.75) is 29.8 Å². The fourth-order valence-electron chi connectivity index (χ4n) is 4.98. The number of β-lactam (4-membered cyclic amide) rings is 1. The number of amides is 2. The molecular weight excluding hydrogens is 735 g/mol. The van der Waals surface area contributed by atoms with Crippen molar-refractivity contribution in [3.05, 3.63) is 63.3 Å². The molecule has 2 aliphatic heterocycles. The van der Waals surface area contributed by atoms with E-state index in [2.05, 4.69) is 30.5 Å². The molecule has 2 atom stereocenters. The number of thioether (sulfide) groups is 2. The molecule has 1 aromatic carbocycles. The van der Waals surface area contributed by atoms with Gasteiger partial charge in [0.25, 0.3) is 23.4 Å². The third-order valence-corrected chi connectivity index (χ3v) is 10.6. The van der Waals surface area contributed by atoms with Crippen molar-refractivity contribution < 1.29 is 54.3 Å². The first kappa shape index (κ1) is 34.9. The van der Waals surface area contributed by atoms with Gasteiger partial charge in [-0.1, -0.05) is 5.16 Å². The van der Waals surface area contributed by atoms with E-state index in [-0.39, 0.29) is 39.4 Å². The Kier molecular flexibility index (Phi) is 9.42. The van der Waals surface area contributed by atoms with Gasteiger partial charge in [0.05, 0.1) is 5.69 Å². The second-order valence-electron chi connectivity index (χ2n) is 10.7. The number of carbonyl (C=O) groups excluding carboxylic acids is 2. The molecule has 20 nitrogen and oxygen atoms in total. The highest BCUT2D eigenvalue weighted by molar-refractivity contribution is 8.01. The summed E-state index contributed by atoms with van der Waals surface area (Å²) in [5.41, 5.74) is 5.54. The van der Waals surface area contributed by atoms with Crippen LogP contribution in [0.5, 0.6) is 11.5 Å². The van der Waals surface area contributed by atoms with Crippen LogP contribution in [0, 0.1) is 6.92 Å². The Morgan fingerprint density at radius 2 is 1.88 bits per heavy atom. The van der Waals surface area contributed by atoms with Crippen molar-refractivity contribution in [3.63, 3.8) is 0 Å². The summed E-state index contributed by atoms with van der Waals surface area (Å²) in [6.45, 7) is 1.23. The van der Waals surface area contributed by atoms with Gasteiger partial charge in [-0.25, -0.2) is 28.9 Å². The van der Waals surface area contributed by atoms with E-state index in [1.165, 1.54) is 39.6 Å².